The van der Waals surface area contributed by atoms with E-state index in [0.29, 0.717) is 83.0 Å². The Morgan fingerprint density at radius 1 is 0.356 bits per heavy atom. The van der Waals surface area contributed by atoms with Crippen molar-refractivity contribution in [2.75, 3.05) is 39.3 Å². The Balaban J connectivity index is 0.000000146. The van der Waals surface area contributed by atoms with E-state index in [-0.39, 0.29) is 34.2 Å². The summed E-state index contributed by atoms with van der Waals surface area (Å²) in [7, 11) is -5.81. The van der Waals surface area contributed by atoms with Crippen LogP contribution >= 0.6 is 80.3 Å². The summed E-state index contributed by atoms with van der Waals surface area (Å²) >= 11 is 37.6. The van der Waals surface area contributed by atoms with Crippen LogP contribution in [0.25, 0.3) is 67.7 Å². The third-order valence-electron chi connectivity index (χ3n) is 18.6. The summed E-state index contributed by atoms with van der Waals surface area (Å²) in [5.41, 5.74) is 13.1. The number of nitrogens with zero attached hydrogens (tertiary/aromatic N) is 11. The van der Waals surface area contributed by atoms with E-state index in [9.17, 15) is 25.3 Å². The van der Waals surface area contributed by atoms with Crippen LogP contribution in [0.15, 0.2) is 178 Å². The molecule has 9 heterocycles. The van der Waals surface area contributed by atoms with Crippen molar-refractivity contribution in [1.82, 2.24) is 57.5 Å². The number of aromatic nitrogens is 9. The molecule has 104 heavy (non-hydrogen) atoms. The van der Waals surface area contributed by atoms with Crippen molar-refractivity contribution >= 4 is 143 Å². The molecule has 15 rings (SSSR count). The van der Waals surface area contributed by atoms with Gasteiger partial charge in [0, 0.05) is 104 Å². The number of rotatable bonds is 11. The van der Waals surface area contributed by atoms with Crippen molar-refractivity contribution < 1.29 is 25.3 Å². The quantitative estimate of drug-likeness (QED) is 0.120. The molecule has 0 saturated carbocycles. The van der Waals surface area contributed by atoms with Crippen LogP contribution in [0.4, 0.5) is 0 Å². The highest BCUT2D eigenvalue weighted by atomic mass is 35.7. The van der Waals surface area contributed by atoms with Crippen LogP contribution in [-0.2, 0) is 29.1 Å². The van der Waals surface area contributed by atoms with Gasteiger partial charge >= 0.3 is 0 Å². The second kappa shape index (κ2) is 33.0. The number of hydrogen-bond acceptors (Lipinski definition) is 13. The Morgan fingerprint density at radius 2 is 0.644 bits per heavy atom. The Labute approximate surface area is 641 Å². The number of fused-ring (bicyclic) bond motifs is 3. The molecule has 18 nitrogen and oxygen atoms in total. The summed E-state index contributed by atoms with van der Waals surface area (Å²) in [5.74, 6) is 2.44. The lowest BCUT2D eigenvalue weighted by Gasteiger charge is -2.32. The molecule has 0 bridgehead atoms. The van der Waals surface area contributed by atoms with Gasteiger partial charge in [0.05, 0.1) is 29.8 Å². The lowest BCUT2D eigenvalue weighted by atomic mass is 10.1. The minimum absolute atomic E-state index is 0. The van der Waals surface area contributed by atoms with Crippen molar-refractivity contribution in [3.05, 3.63) is 228 Å². The zero-order valence-electron chi connectivity index (χ0n) is 57.0. The van der Waals surface area contributed by atoms with Gasteiger partial charge < -0.3 is 19.0 Å². The van der Waals surface area contributed by atoms with Gasteiger partial charge in [-0.15, -0.1) is 0 Å². The summed E-state index contributed by atoms with van der Waals surface area (Å²) in [4.78, 5) is 29.4. The predicted molar refractivity (Wildman–Crippen MR) is 422 cm³/mol. The molecule has 0 amide bonds. The molecule has 0 unspecified atom stereocenters. The average Bonchev–Trinajstić information content (AvgIpc) is 1.59. The number of pyridine rings is 3. The number of halogens is 7. The highest BCUT2D eigenvalue weighted by Crippen LogP contribution is 2.41. The minimum atomic E-state index is -3.65. The summed E-state index contributed by atoms with van der Waals surface area (Å²) < 4.78 is 84.3. The fourth-order valence-corrected chi connectivity index (χ4v) is 18.1. The molecular weight excluding hydrogens is 1520 g/mol. The normalized spacial score (nSPS) is 15.2. The minimum Gasteiger partial charge on any atom is -0.317 e. The van der Waals surface area contributed by atoms with Crippen LogP contribution in [0.2, 0.25) is 30.1 Å². The van der Waals surface area contributed by atoms with Gasteiger partial charge in [0.1, 0.15) is 34.0 Å². The van der Waals surface area contributed by atoms with Crippen LogP contribution < -0.4 is 5.32 Å². The third-order valence-corrected chi connectivity index (χ3v) is 26.0. The van der Waals surface area contributed by atoms with E-state index in [2.05, 4.69) is 25.1 Å². The fourth-order valence-electron chi connectivity index (χ4n) is 13.0. The van der Waals surface area contributed by atoms with Gasteiger partial charge in [-0.1, -0.05) is 132 Å². The molecule has 0 atom stereocenters. The van der Waals surface area contributed by atoms with Crippen molar-refractivity contribution in [2.24, 2.45) is 0 Å². The first kappa shape index (κ1) is 78.0. The topological polar surface area (TPSA) is 213 Å². The zero-order valence-corrected chi connectivity index (χ0v) is 64.8. The molecule has 0 spiro atoms. The molecule has 0 radical (unpaired) electrons. The van der Waals surface area contributed by atoms with Gasteiger partial charge in [0.2, 0.25) is 20.0 Å². The molecule has 3 aliphatic rings. The zero-order chi connectivity index (χ0) is 73.2. The van der Waals surface area contributed by atoms with E-state index in [4.69, 9.17) is 110 Å². The smallest absolute Gasteiger partial charge is 0.261 e. The standard InChI is InChI=1S/2C25H24Cl2N4O2S.C18H19ClN4.C7H6Cl2O2S.CH4/c2*1-16-7-9-19(15-22(16)27)34(32,33)30-13-11-18(12-14-30)31-24(20-5-3-4-6-21(20)26)29-23-10-8-17(2)28-25(23)31;1-12-6-7-16-18(21-12)23(13-8-10-20-11-9-13)17(22-16)14-4-2-3-5-15(14)19;1-5-2-3-6(4-7(5)8)12(9,10)11;/h2*3-10,15,18H,11-14H2,1-2H3;2-7,13,20H,8-11H2,1H3;2-4H,1H3;1H4. The van der Waals surface area contributed by atoms with E-state index in [0.717, 1.165) is 132 Å². The SMILES string of the molecule is C.Cc1ccc(S(=O)(=O)Cl)cc1Cl.Cc1ccc2nc(-c3ccccc3Cl)n(C3CCN(S(=O)(=O)c4ccc(C)c(Cl)c4)CC3)c2n1.Cc1ccc2nc(-c3ccccc3Cl)n(C3CCN(S(=O)(=O)c4ccc(C)c(Cl)c4)CC3)c2n1.Cc1ccc2nc(-c3ccccc3Cl)n(C3CCNCC3)c2n1. The van der Waals surface area contributed by atoms with E-state index in [1.807, 2.05) is 138 Å². The van der Waals surface area contributed by atoms with Crippen LogP contribution in [0.3, 0.4) is 0 Å². The molecule has 6 aromatic heterocycles. The van der Waals surface area contributed by atoms with Gasteiger partial charge in [-0.3, -0.25) is 0 Å². The van der Waals surface area contributed by atoms with Gasteiger partial charge in [-0.25, -0.2) is 55.2 Å². The third kappa shape index (κ3) is 17.0. The first-order valence-corrected chi connectivity index (χ1v) is 40.9. The number of benzene rings is 6. The largest absolute Gasteiger partial charge is 0.317 e. The molecule has 1 N–H and O–H groups in total. The molecular formula is C76H77Cl7N12O6S3. The summed E-state index contributed by atoms with van der Waals surface area (Å²) in [5, 5.41) is 6.69. The predicted octanol–water partition coefficient (Wildman–Crippen LogP) is 19.3. The van der Waals surface area contributed by atoms with Gasteiger partial charge in [0.25, 0.3) is 9.05 Å². The molecule has 28 heteroatoms. The fraction of sp³-hybridized carbons (Fsp3) is 0.289. The molecule has 544 valence electrons. The van der Waals surface area contributed by atoms with Crippen molar-refractivity contribution in [3.63, 3.8) is 0 Å². The summed E-state index contributed by atoms with van der Waals surface area (Å²) in [6.07, 6.45) is 4.71. The van der Waals surface area contributed by atoms with Crippen LogP contribution in [0.5, 0.6) is 0 Å². The highest BCUT2D eigenvalue weighted by molar-refractivity contribution is 8.13. The van der Waals surface area contributed by atoms with Crippen LogP contribution in [0.1, 0.15) is 97.8 Å². The Hall–Kier alpha value is -7.06. The number of aryl methyl sites for hydroxylation is 6. The van der Waals surface area contributed by atoms with E-state index >= 15 is 0 Å². The second-order valence-corrected chi connectivity index (χ2v) is 34.5. The first-order valence-electron chi connectivity index (χ1n) is 33.4. The van der Waals surface area contributed by atoms with Crippen molar-refractivity contribution in [2.45, 2.75) is 120 Å². The Bertz CT molecular complexity index is 5300. The summed E-state index contributed by atoms with van der Waals surface area (Å²) in [6, 6.07) is 49.7. The highest BCUT2D eigenvalue weighted by Gasteiger charge is 2.35. The number of hydrogen-bond donors (Lipinski definition) is 1. The number of nitrogens with one attached hydrogen (secondary N) is 1. The molecule has 0 aliphatic carbocycles. The van der Waals surface area contributed by atoms with Crippen LogP contribution in [0, 0.1) is 41.5 Å². The van der Waals surface area contributed by atoms with E-state index in [1.165, 1.54) is 32.9 Å². The number of sulfonamides is 2. The molecule has 6 aromatic carbocycles. The number of piperidine rings is 3. The molecule has 3 fully saturated rings. The Kier molecular flexibility index (Phi) is 24.7. The van der Waals surface area contributed by atoms with Gasteiger partial charge in [-0.2, -0.15) is 8.61 Å². The van der Waals surface area contributed by atoms with Gasteiger partial charge in [0.15, 0.2) is 16.9 Å². The lowest BCUT2D eigenvalue weighted by molar-refractivity contribution is 0.278. The monoisotopic (exact) mass is 1590 g/mol. The second-order valence-electron chi connectivity index (χ2n) is 25.7. The van der Waals surface area contributed by atoms with Gasteiger partial charge in [-0.05, 0) is 219 Å². The first-order chi connectivity index (χ1) is 49.2. The van der Waals surface area contributed by atoms with Crippen molar-refractivity contribution in [3.8, 4) is 34.2 Å². The maximum Gasteiger partial charge on any atom is 0.261 e. The molecule has 12 aromatic rings. The Morgan fingerprint density at radius 3 is 0.942 bits per heavy atom. The number of imidazole rings is 3. The maximum absolute atomic E-state index is 13.3. The van der Waals surface area contributed by atoms with E-state index in [1.54, 1.807) is 37.3 Å². The average molecular weight is 1600 g/mol. The maximum atomic E-state index is 13.3. The summed E-state index contributed by atoms with van der Waals surface area (Å²) in [6.45, 7) is 15.0. The van der Waals surface area contributed by atoms with Crippen molar-refractivity contribution in [1.29, 1.82) is 0 Å². The van der Waals surface area contributed by atoms with E-state index < -0.39 is 29.1 Å². The molecule has 3 aliphatic heterocycles. The molecule has 3 saturated heterocycles. The lowest BCUT2D eigenvalue weighted by Crippen LogP contribution is -2.39. The van der Waals surface area contributed by atoms with Crippen LogP contribution in [-0.4, -0.2) is 117 Å².